The van der Waals surface area contributed by atoms with Crippen LogP contribution < -0.4 is 5.32 Å². The van der Waals surface area contributed by atoms with Gasteiger partial charge in [-0.25, -0.2) is 4.98 Å². The number of ketones is 1. The van der Waals surface area contributed by atoms with Crippen LogP contribution in [0.25, 0.3) is 21.7 Å². The fourth-order valence-corrected chi connectivity index (χ4v) is 4.84. The highest BCUT2D eigenvalue weighted by Gasteiger charge is 2.20. The van der Waals surface area contributed by atoms with Crippen LogP contribution in [0.1, 0.15) is 67.0 Å². The number of amides is 1. The largest absolute Gasteiger partial charge is 0.341 e. The van der Waals surface area contributed by atoms with E-state index < -0.39 is 0 Å². The molecule has 4 aromatic rings. The molecule has 0 unspecified atom stereocenters. The summed E-state index contributed by atoms with van der Waals surface area (Å²) in [7, 11) is 0. The smallest absolute Gasteiger partial charge is 0.263 e. The standard InChI is InChI=1S/C25H27N5O2S2/c1-2-19(31)6-4-3-5-7-20(30-25(32)23-14-27-16-34-23)24-28-12-21(29-24)17-8-10-18(11-9-17)22-13-26-15-33-22/h8-16,20H,2-7H2,1H3,(H,28,29)(H,30,32)/t20-/m0/s1. The molecule has 0 fully saturated rings. The van der Waals surface area contributed by atoms with Crippen molar-refractivity contribution in [3.63, 3.8) is 0 Å². The van der Waals surface area contributed by atoms with Crippen LogP contribution in [0.15, 0.2) is 53.9 Å². The van der Waals surface area contributed by atoms with Crippen LogP contribution in [-0.4, -0.2) is 31.6 Å². The first-order valence-electron chi connectivity index (χ1n) is 11.4. The Morgan fingerprint density at radius 3 is 2.44 bits per heavy atom. The summed E-state index contributed by atoms with van der Waals surface area (Å²) >= 11 is 2.92. The van der Waals surface area contributed by atoms with Crippen molar-refractivity contribution in [1.82, 2.24) is 25.3 Å². The Balaban J connectivity index is 1.44. The zero-order valence-corrected chi connectivity index (χ0v) is 20.6. The Kier molecular flexibility index (Phi) is 8.32. The lowest BCUT2D eigenvalue weighted by atomic mass is 10.0. The first-order chi connectivity index (χ1) is 16.6. The second-order valence-electron chi connectivity index (χ2n) is 8.01. The third-order valence-corrected chi connectivity index (χ3v) is 7.24. The normalized spacial score (nSPS) is 11.9. The Morgan fingerprint density at radius 2 is 1.74 bits per heavy atom. The number of rotatable bonds is 12. The number of hydrogen-bond donors (Lipinski definition) is 2. The topological polar surface area (TPSA) is 101 Å². The minimum atomic E-state index is -0.248. The van der Waals surface area contributed by atoms with Crippen molar-refractivity contribution >= 4 is 34.4 Å². The lowest BCUT2D eigenvalue weighted by molar-refractivity contribution is -0.118. The number of imidazole rings is 1. The average Bonchev–Trinajstić information content (AvgIpc) is 3.65. The predicted molar refractivity (Wildman–Crippen MR) is 136 cm³/mol. The first kappa shape index (κ1) is 24.0. The summed E-state index contributed by atoms with van der Waals surface area (Å²) in [4.78, 5) is 42.1. The molecule has 3 aromatic heterocycles. The molecule has 1 aromatic carbocycles. The van der Waals surface area contributed by atoms with Crippen molar-refractivity contribution in [2.24, 2.45) is 0 Å². The van der Waals surface area contributed by atoms with Crippen molar-refractivity contribution in [2.45, 2.75) is 51.5 Å². The minimum absolute atomic E-state index is 0.152. The highest BCUT2D eigenvalue weighted by Crippen LogP contribution is 2.27. The van der Waals surface area contributed by atoms with E-state index in [-0.39, 0.29) is 11.9 Å². The zero-order valence-electron chi connectivity index (χ0n) is 19.0. The fourth-order valence-electron chi connectivity index (χ4n) is 3.69. The predicted octanol–water partition coefficient (Wildman–Crippen LogP) is 6.06. The molecule has 176 valence electrons. The van der Waals surface area contributed by atoms with Crippen LogP contribution in [0.5, 0.6) is 0 Å². The summed E-state index contributed by atoms with van der Waals surface area (Å²) in [6, 6.07) is 8.01. The van der Waals surface area contributed by atoms with Gasteiger partial charge >= 0.3 is 0 Å². The fraction of sp³-hybridized carbons (Fsp3) is 0.320. The van der Waals surface area contributed by atoms with Crippen LogP contribution in [0, 0.1) is 0 Å². The summed E-state index contributed by atoms with van der Waals surface area (Å²) in [5, 5.41) is 3.10. The molecular weight excluding hydrogens is 466 g/mol. The van der Waals surface area contributed by atoms with Gasteiger partial charge in [0.2, 0.25) is 0 Å². The highest BCUT2D eigenvalue weighted by atomic mass is 32.1. The molecule has 0 radical (unpaired) electrons. The maximum Gasteiger partial charge on any atom is 0.263 e. The molecule has 3 heterocycles. The number of aromatic amines is 1. The van der Waals surface area contributed by atoms with Gasteiger partial charge in [0, 0.05) is 19.0 Å². The maximum atomic E-state index is 12.7. The summed E-state index contributed by atoms with van der Waals surface area (Å²) in [6.07, 6.45) is 9.90. The Bertz CT molecular complexity index is 1180. The van der Waals surface area contributed by atoms with E-state index in [4.69, 9.17) is 0 Å². The second kappa shape index (κ2) is 11.8. The first-order valence-corrected chi connectivity index (χ1v) is 13.1. The number of thiazole rings is 2. The van der Waals surface area contributed by atoms with Gasteiger partial charge in [-0.3, -0.25) is 19.6 Å². The van der Waals surface area contributed by atoms with E-state index in [2.05, 4.69) is 49.5 Å². The molecular formula is C25H27N5O2S2. The second-order valence-corrected chi connectivity index (χ2v) is 9.78. The molecule has 0 saturated heterocycles. The van der Waals surface area contributed by atoms with Crippen LogP contribution in [0.4, 0.5) is 0 Å². The summed E-state index contributed by atoms with van der Waals surface area (Å²) < 4.78 is 0. The Labute approximate surface area is 206 Å². The molecule has 0 aliphatic rings. The zero-order chi connectivity index (χ0) is 23.8. The quantitative estimate of drug-likeness (QED) is 0.234. The number of unbranched alkanes of at least 4 members (excludes halogenated alkanes) is 2. The molecule has 9 heteroatoms. The number of carbonyl (C=O) groups is 2. The summed E-state index contributed by atoms with van der Waals surface area (Å²) in [5.41, 5.74) is 6.53. The molecule has 7 nitrogen and oxygen atoms in total. The van der Waals surface area contributed by atoms with Gasteiger partial charge in [-0.2, -0.15) is 0 Å². The van der Waals surface area contributed by atoms with E-state index >= 15 is 0 Å². The summed E-state index contributed by atoms with van der Waals surface area (Å²) in [6.45, 7) is 1.90. The van der Waals surface area contributed by atoms with E-state index in [1.807, 2.05) is 24.8 Å². The van der Waals surface area contributed by atoms with Gasteiger partial charge in [-0.1, -0.05) is 44.0 Å². The SMILES string of the molecule is CCC(=O)CCCCC[C@H](NC(=O)c1cncs1)c1ncc(-c2ccc(-c3cncs3)cc2)[nH]1. The molecule has 4 rings (SSSR count). The van der Waals surface area contributed by atoms with Crippen molar-refractivity contribution in [2.75, 3.05) is 0 Å². The number of aromatic nitrogens is 4. The van der Waals surface area contributed by atoms with Gasteiger partial charge < -0.3 is 10.3 Å². The van der Waals surface area contributed by atoms with Crippen LogP contribution in [0.3, 0.4) is 0 Å². The van der Waals surface area contributed by atoms with Crippen molar-refractivity contribution < 1.29 is 9.59 Å². The molecule has 0 aliphatic carbocycles. The molecule has 1 atom stereocenters. The molecule has 0 bridgehead atoms. The van der Waals surface area contributed by atoms with E-state index in [9.17, 15) is 9.59 Å². The minimum Gasteiger partial charge on any atom is -0.341 e. The Hall–Kier alpha value is -3.17. The van der Waals surface area contributed by atoms with Gasteiger partial charge in [0.25, 0.3) is 5.91 Å². The van der Waals surface area contributed by atoms with Gasteiger partial charge in [-0.05, 0) is 24.0 Å². The van der Waals surface area contributed by atoms with Gasteiger partial charge in [0.15, 0.2) is 0 Å². The van der Waals surface area contributed by atoms with Gasteiger partial charge in [-0.15, -0.1) is 22.7 Å². The lowest BCUT2D eigenvalue weighted by Crippen LogP contribution is -2.28. The van der Waals surface area contributed by atoms with Gasteiger partial charge in [0.05, 0.1) is 40.0 Å². The Morgan fingerprint density at radius 1 is 0.971 bits per heavy atom. The van der Waals surface area contributed by atoms with Crippen LogP contribution >= 0.6 is 22.7 Å². The molecule has 0 saturated carbocycles. The maximum absolute atomic E-state index is 12.7. The number of H-pyrrole nitrogens is 1. The number of hydrogen-bond acceptors (Lipinski definition) is 7. The van der Waals surface area contributed by atoms with E-state index in [0.717, 1.165) is 53.2 Å². The number of nitrogens with one attached hydrogen (secondary N) is 2. The van der Waals surface area contributed by atoms with Crippen molar-refractivity contribution in [3.05, 3.63) is 64.6 Å². The van der Waals surface area contributed by atoms with E-state index in [0.29, 0.717) is 23.5 Å². The van der Waals surface area contributed by atoms with E-state index in [1.54, 1.807) is 23.0 Å². The third-order valence-electron chi connectivity index (χ3n) is 5.64. The number of nitrogens with zero attached hydrogens (tertiary/aromatic N) is 3. The van der Waals surface area contributed by atoms with Crippen molar-refractivity contribution in [3.8, 4) is 21.7 Å². The van der Waals surface area contributed by atoms with E-state index in [1.165, 1.54) is 11.3 Å². The van der Waals surface area contributed by atoms with Crippen molar-refractivity contribution in [1.29, 1.82) is 0 Å². The molecule has 1 amide bonds. The average molecular weight is 494 g/mol. The molecule has 0 spiro atoms. The van der Waals surface area contributed by atoms with Crippen LogP contribution in [-0.2, 0) is 4.79 Å². The number of benzene rings is 1. The summed E-state index contributed by atoms with van der Waals surface area (Å²) in [5.74, 6) is 0.872. The molecule has 2 N–H and O–H groups in total. The third kappa shape index (κ3) is 6.24. The molecule has 34 heavy (non-hydrogen) atoms. The number of carbonyl (C=O) groups excluding carboxylic acids is 2. The highest BCUT2D eigenvalue weighted by molar-refractivity contribution is 7.13. The lowest BCUT2D eigenvalue weighted by Gasteiger charge is -2.16. The van der Waals surface area contributed by atoms with Crippen LogP contribution in [0.2, 0.25) is 0 Å². The molecule has 0 aliphatic heterocycles. The van der Waals surface area contributed by atoms with Gasteiger partial charge in [0.1, 0.15) is 16.5 Å². The number of Topliss-reactive ketones (excluding diaryl/α,β-unsaturated/α-hetero) is 1. The monoisotopic (exact) mass is 493 g/mol.